The van der Waals surface area contributed by atoms with Gasteiger partial charge in [0.25, 0.3) is 0 Å². The maximum atomic E-state index is 12.0. The first kappa shape index (κ1) is 21.7. The zero-order valence-corrected chi connectivity index (χ0v) is 18.1. The Morgan fingerprint density at radius 2 is 1.68 bits per heavy atom. The monoisotopic (exact) mass is 495 g/mol. The van der Waals surface area contributed by atoms with Gasteiger partial charge in [0.05, 0.1) is 19.9 Å². The van der Waals surface area contributed by atoms with Gasteiger partial charge in [0.1, 0.15) is 11.5 Å². The van der Waals surface area contributed by atoms with Gasteiger partial charge >= 0.3 is 0 Å². The summed E-state index contributed by atoms with van der Waals surface area (Å²) in [7, 11) is 3.13. The second-order valence-electron chi connectivity index (χ2n) is 5.85. The number of benzene rings is 2. The van der Waals surface area contributed by atoms with E-state index in [-0.39, 0.29) is 24.7 Å². The van der Waals surface area contributed by atoms with Gasteiger partial charge in [-0.1, -0.05) is 0 Å². The van der Waals surface area contributed by atoms with Crippen molar-refractivity contribution in [3.63, 3.8) is 0 Å². The van der Waals surface area contributed by atoms with E-state index in [0.29, 0.717) is 22.9 Å². The van der Waals surface area contributed by atoms with Gasteiger partial charge in [-0.05, 0) is 65.9 Å². The molecule has 2 aromatic rings. The average molecular weight is 495 g/mol. The largest absolute Gasteiger partial charge is 0.497 e. The van der Waals surface area contributed by atoms with Gasteiger partial charge in [-0.15, -0.1) is 0 Å². The first-order valence-corrected chi connectivity index (χ1v) is 9.61. The molecule has 0 unspecified atom stereocenters. The van der Waals surface area contributed by atoms with Crippen LogP contribution in [0.2, 0.25) is 0 Å². The van der Waals surface area contributed by atoms with Crippen LogP contribution in [-0.4, -0.2) is 31.7 Å². The summed E-state index contributed by atoms with van der Waals surface area (Å²) >= 11 is 2.19. The van der Waals surface area contributed by atoms with Crippen molar-refractivity contribution >= 4 is 45.8 Å². The van der Waals surface area contributed by atoms with Gasteiger partial charge in [0.2, 0.25) is 11.8 Å². The standard InChI is InChI=1S/C20H22IN3O4/c1-13(17-9-8-16(27-2)12-18(17)28-3)23-24-20(26)11-10-19(25)22-15-6-4-14(21)5-7-15/h4-9,12H,10-11H2,1-3H3,(H,22,25)(H,24,26)/b23-13+. The molecule has 2 N–H and O–H groups in total. The Hall–Kier alpha value is -2.62. The molecule has 0 aliphatic heterocycles. The predicted molar refractivity (Wildman–Crippen MR) is 117 cm³/mol. The van der Waals surface area contributed by atoms with Crippen molar-refractivity contribution in [3.8, 4) is 11.5 Å². The number of hydrogen-bond acceptors (Lipinski definition) is 5. The first-order valence-electron chi connectivity index (χ1n) is 8.54. The third-order valence-electron chi connectivity index (χ3n) is 3.85. The minimum Gasteiger partial charge on any atom is -0.497 e. The molecule has 0 saturated heterocycles. The van der Waals surface area contributed by atoms with Crippen molar-refractivity contribution in [1.29, 1.82) is 0 Å². The number of methoxy groups -OCH3 is 2. The number of carbonyl (C=O) groups is 2. The number of anilines is 1. The average Bonchev–Trinajstić information content (AvgIpc) is 2.71. The molecule has 0 saturated carbocycles. The fraction of sp³-hybridized carbons (Fsp3) is 0.250. The maximum absolute atomic E-state index is 12.0. The quantitative estimate of drug-likeness (QED) is 0.333. The van der Waals surface area contributed by atoms with Gasteiger partial charge in [0, 0.05) is 33.7 Å². The van der Waals surface area contributed by atoms with Crippen LogP contribution in [0.25, 0.3) is 0 Å². The Labute approximate surface area is 177 Å². The summed E-state index contributed by atoms with van der Waals surface area (Å²) in [6.07, 6.45) is 0.102. The van der Waals surface area contributed by atoms with Crippen molar-refractivity contribution in [3.05, 3.63) is 51.6 Å². The number of rotatable bonds is 8. The highest BCUT2D eigenvalue weighted by molar-refractivity contribution is 14.1. The van der Waals surface area contributed by atoms with Crippen molar-refractivity contribution < 1.29 is 19.1 Å². The summed E-state index contributed by atoms with van der Waals surface area (Å²) in [5.41, 5.74) is 4.48. The van der Waals surface area contributed by atoms with Crippen LogP contribution in [0.3, 0.4) is 0 Å². The number of hydrogen-bond donors (Lipinski definition) is 2. The van der Waals surface area contributed by atoms with E-state index in [1.807, 2.05) is 24.3 Å². The first-order chi connectivity index (χ1) is 13.4. The lowest BCUT2D eigenvalue weighted by Gasteiger charge is -2.10. The number of amides is 2. The van der Waals surface area contributed by atoms with Gasteiger partial charge in [-0.2, -0.15) is 5.10 Å². The summed E-state index contributed by atoms with van der Waals surface area (Å²) < 4.78 is 11.6. The Morgan fingerprint density at radius 3 is 2.32 bits per heavy atom. The highest BCUT2D eigenvalue weighted by atomic mass is 127. The number of nitrogens with one attached hydrogen (secondary N) is 2. The zero-order chi connectivity index (χ0) is 20.5. The summed E-state index contributed by atoms with van der Waals surface area (Å²) in [5, 5.41) is 6.85. The maximum Gasteiger partial charge on any atom is 0.240 e. The molecular formula is C20H22IN3O4. The van der Waals surface area contributed by atoms with Crippen LogP contribution in [0.4, 0.5) is 5.69 Å². The zero-order valence-electron chi connectivity index (χ0n) is 15.9. The molecule has 8 heteroatoms. The molecule has 148 valence electrons. The van der Waals surface area contributed by atoms with Gasteiger partial charge in [-0.25, -0.2) is 5.43 Å². The van der Waals surface area contributed by atoms with Gasteiger partial charge < -0.3 is 14.8 Å². The fourth-order valence-electron chi connectivity index (χ4n) is 2.34. The van der Waals surface area contributed by atoms with Crippen LogP contribution in [0.15, 0.2) is 47.6 Å². The lowest BCUT2D eigenvalue weighted by Crippen LogP contribution is -2.21. The predicted octanol–water partition coefficient (Wildman–Crippen LogP) is 3.57. The molecule has 28 heavy (non-hydrogen) atoms. The Bertz CT molecular complexity index is 866. The van der Waals surface area contributed by atoms with Crippen LogP contribution in [0.1, 0.15) is 25.3 Å². The summed E-state index contributed by atoms with van der Waals surface area (Å²) in [5.74, 6) is 0.682. The van der Waals surface area contributed by atoms with Gasteiger partial charge in [0.15, 0.2) is 0 Å². The van der Waals surface area contributed by atoms with Gasteiger partial charge in [-0.3, -0.25) is 9.59 Å². The Balaban J connectivity index is 1.87. The number of hydrazone groups is 1. The molecule has 0 aliphatic carbocycles. The second-order valence-corrected chi connectivity index (χ2v) is 7.10. The molecule has 0 aliphatic rings. The van der Waals surface area contributed by atoms with E-state index < -0.39 is 0 Å². The molecule has 0 spiro atoms. The molecule has 2 amide bonds. The highest BCUT2D eigenvalue weighted by Gasteiger charge is 2.10. The lowest BCUT2D eigenvalue weighted by atomic mass is 10.1. The normalized spacial score (nSPS) is 10.9. The molecule has 0 fully saturated rings. The molecule has 2 aromatic carbocycles. The van der Waals surface area contributed by atoms with E-state index in [4.69, 9.17) is 9.47 Å². The summed E-state index contributed by atoms with van der Waals surface area (Å²) in [6.45, 7) is 1.76. The fourth-order valence-corrected chi connectivity index (χ4v) is 2.70. The molecule has 2 rings (SSSR count). The molecule has 0 bridgehead atoms. The number of nitrogens with zero attached hydrogens (tertiary/aromatic N) is 1. The van der Waals surface area contributed by atoms with Crippen molar-refractivity contribution in [2.45, 2.75) is 19.8 Å². The lowest BCUT2D eigenvalue weighted by molar-refractivity contribution is -0.124. The summed E-state index contributed by atoms with van der Waals surface area (Å²) in [6, 6.07) is 12.8. The van der Waals surface area contributed by atoms with E-state index >= 15 is 0 Å². The van der Waals surface area contributed by atoms with Crippen LogP contribution < -0.4 is 20.2 Å². The van der Waals surface area contributed by atoms with Crippen LogP contribution in [0.5, 0.6) is 11.5 Å². The van der Waals surface area contributed by atoms with Crippen LogP contribution in [0, 0.1) is 3.57 Å². The molecule has 0 heterocycles. The van der Waals surface area contributed by atoms with E-state index in [1.165, 1.54) is 0 Å². The minimum atomic E-state index is -0.343. The number of ether oxygens (including phenoxy) is 2. The topological polar surface area (TPSA) is 89.0 Å². The third-order valence-corrected chi connectivity index (χ3v) is 4.57. The van der Waals surface area contributed by atoms with E-state index in [9.17, 15) is 9.59 Å². The SMILES string of the molecule is COc1ccc(/C(C)=N/NC(=O)CCC(=O)Nc2ccc(I)cc2)c(OC)c1. The number of carbonyl (C=O) groups excluding carboxylic acids is 2. The van der Waals surface area contributed by atoms with Crippen molar-refractivity contribution in [2.24, 2.45) is 5.10 Å². The summed E-state index contributed by atoms with van der Waals surface area (Å²) in [4.78, 5) is 23.9. The van der Waals surface area contributed by atoms with Crippen LogP contribution >= 0.6 is 22.6 Å². The molecule has 0 aromatic heterocycles. The van der Waals surface area contributed by atoms with E-state index in [1.54, 1.807) is 39.3 Å². The molecule has 0 atom stereocenters. The van der Waals surface area contributed by atoms with E-state index in [0.717, 1.165) is 9.13 Å². The minimum absolute atomic E-state index is 0.0345. The molecule has 7 nitrogen and oxygen atoms in total. The van der Waals surface area contributed by atoms with Crippen molar-refractivity contribution in [1.82, 2.24) is 5.43 Å². The highest BCUT2D eigenvalue weighted by Crippen LogP contribution is 2.25. The van der Waals surface area contributed by atoms with Crippen molar-refractivity contribution in [2.75, 3.05) is 19.5 Å². The second kappa shape index (κ2) is 10.6. The Morgan fingerprint density at radius 1 is 1.00 bits per heavy atom. The van der Waals surface area contributed by atoms with E-state index in [2.05, 4.69) is 38.4 Å². The molecular weight excluding hydrogens is 473 g/mol. The third kappa shape index (κ3) is 6.52. The smallest absolute Gasteiger partial charge is 0.240 e. The Kier molecular flexibility index (Phi) is 8.24. The number of halogens is 1. The molecule has 0 radical (unpaired) electrons. The van der Waals surface area contributed by atoms with Crippen LogP contribution in [-0.2, 0) is 9.59 Å².